The van der Waals surface area contributed by atoms with Gasteiger partial charge in [0.25, 0.3) is 0 Å². The molecule has 0 aliphatic carbocycles. The predicted octanol–water partition coefficient (Wildman–Crippen LogP) is 9.05. The number of carboxylic acids is 1. The van der Waals surface area contributed by atoms with Gasteiger partial charge < -0.3 is 33.5 Å². The Hall–Kier alpha value is -4.75. The van der Waals surface area contributed by atoms with E-state index in [0.29, 0.717) is 16.1 Å². The van der Waals surface area contributed by atoms with Gasteiger partial charge in [-0.25, -0.2) is 4.79 Å². The summed E-state index contributed by atoms with van der Waals surface area (Å²) in [6.07, 6.45) is -6.37. The van der Waals surface area contributed by atoms with Crippen LogP contribution in [-0.4, -0.2) is 53.9 Å². The predicted molar refractivity (Wildman–Crippen MR) is 201 cm³/mol. The summed E-state index contributed by atoms with van der Waals surface area (Å²) in [6.45, 7) is 0.114. The minimum absolute atomic E-state index is 0.0461. The first-order valence-electron chi connectivity index (χ1n) is 18.0. The molecule has 2 bridgehead atoms. The van der Waals surface area contributed by atoms with Crippen LogP contribution in [0.4, 0.5) is 13.2 Å². The Morgan fingerprint density at radius 1 is 0.768 bits per heavy atom. The quantitative estimate of drug-likeness (QED) is 0.112. The number of ether oxygens (including phenoxy) is 6. The number of benzene rings is 5. The van der Waals surface area contributed by atoms with Crippen LogP contribution in [0.25, 0.3) is 0 Å². The van der Waals surface area contributed by atoms with E-state index < -0.39 is 54.6 Å². The van der Waals surface area contributed by atoms with Crippen molar-refractivity contribution < 1.29 is 51.5 Å². The highest BCUT2D eigenvalue weighted by atomic mass is 35.5. The topological polar surface area (TPSA) is 92.7 Å². The van der Waals surface area contributed by atoms with E-state index >= 15 is 0 Å². The minimum Gasteiger partial charge on any atom is -0.484 e. The lowest BCUT2D eigenvalue weighted by molar-refractivity contribution is -0.369. The van der Waals surface area contributed by atoms with Crippen LogP contribution in [0.2, 0.25) is 5.02 Å². The second-order valence-corrected chi connectivity index (χ2v) is 14.4. The van der Waals surface area contributed by atoms with Gasteiger partial charge in [-0.05, 0) is 65.4 Å². The molecule has 7 rings (SSSR count). The van der Waals surface area contributed by atoms with Crippen molar-refractivity contribution in [1.82, 2.24) is 0 Å². The zero-order chi connectivity index (χ0) is 39.4. The number of rotatable bonds is 15. The van der Waals surface area contributed by atoms with E-state index in [4.69, 9.17) is 40.0 Å². The summed E-state index contributed by atoms with van der Waals surface area (Å²) in [6, 6.07) is 39.8. The number of carboxylic acid groups (broad SMARTS) is 1. The number of carbonyl (C=O) groups is 1. The Morgan fingerprint density at radius 3 is 1.88 bits per heavy atom. The molecule has 12 heteroatoms. The van der Waals surface area contributed by atoms with E-state index in [9.17, 15) is 23.1 Å². The van der Waals surface area contributed by atoms with Gasteiger partial charge >= 0.3 is 12.1 Å². The average Bonchev–Trinajstić information content (AvgIpc) is 3.60. The van der Waals surface area contributed by atoms with Crippen LogP contribution in [-0.2, 0) is 60.5 Å². The molecule has 5 atom stereocenters. The molecule has 2 aliphatic rings. The Kier molecular flexibility index (Phi) is 11.6. The molecule has 0 aromatic heterocycles. The first kappa shape index (κ1) is 39.5. The van der Waals surface area contributed by atoms with Crippen molar-refractivity contribution in [2.45, 2.75) is 68.5 Å². The molecule has 0 saturated carbocycles. The molecule has 2 saturated heterocycles. The summed E-state index contributed by atoms with van der Waals surface area (Å²) in [4.78, 5) is 13.7. The molecule has 5 aromatic rings. The van der Waals surface area contributed by atoms with Crippen LogP contribution in [0.3, 0.4) is 0 Å². The van der Waals surface area contributed by atoms with Crippen LogP contribution in [0.1, 0.15) is 40.3 Å². The third kappa shape index (κ3) is 8.20. The maximum absolute atomic E-state index is 13.7. The largest absolute Gasteiger partial charge is 0.484 e. The van der Waals surface area contributed by atoms with Gasteiger partial charge in [0.1, 0.15) is 23.6 Å². The van der Waals surface area contributed by atoms with Crippen LogP contribution >= 0.6 is 11.6 Å². The lowest BCUT2D eigenvalue weighted by Gasteiger charge is -2.54. The maximum Gasteiger partial charge on any atom is 0.422 e. The highest BCUT2D eigenvalue weighted by Crippen LogP contribution is 2.57. The summed E-state index contributed by atoms with van der Waals surface area (Å²) in [5, 5.41) is 11.5. The average molecular weight is 789 g/mol. The summed E-state index contributed by atoms with van der Waals surface area (Å²) in [5.74, 6) is -3.05. The molecule has 2 heterocycles. The van der Waals surface area contributed by atoms with Gasteiger partial charge in [0.15, 0.2) is 6.61 Å². The normalized spacial score (nSPS) is 24.5. The lowest BCUT2D eigenvalue weighted by Crippen LogP contribution is -2.75. The number of fused-ring (bicyclic) bond motifs is 2. The maximum atomic E-state index is 13.7. The second-order valence-electron chi connectivity index (χ2n) is 14.0. The van der Waals surface area contributed by atoms with Crippen molar-refractivity contribution in [3.63, 3.8) is 0 Å². The fourth-order valence-electron chi connectivity index (χ4n) is 7.24. The standard InChI is InChI=1S/C44H40ClF3O8/c1-41(54-27-33-15-9-4-10-16-33)38(51-25-31-11-5-2-6-12-31)39(52-26-32-13-7-3-8-14-32)44(55-28-42(41,56-44)40(49)50)35-19-22-37(45)34(24-35)23-30-17-20-36(21-18-30)53-29-43(46,47)48/h2-22,24,38-39H,23,25-29H2,1H3,(H,49,50)/t38-,39+,41-,42+,44-/m0/s1. The van der Waals surface area contributed by atoms with Gasteiger partial charge in [-0.3, -0.25) is 0 Å². The fraction of sp³-hybridized carbons (Fsp3) is 0.295. The summed E-state index contributed by atoms with van der Waals surface area (Å²) in [5.41, 5.74) is 0.570. The van der Waals surface area contributed by atoms with Crippen LogP contribution in [0, 0.1) is 0 Å². The van der Waals surface area contributed by atoms with E-state index in [1.165, 1.54) is 12.1 Å². The zero-order valence-corrected chi connectivity index (χ0v) is 31.2. The molecule has 0 unspecified atom stereocenters. The Labute approximate surface area is 327 Å². The molecular formula is C44H40ClF3O8. The molecular weight excluding hydrogens is 749 g/mol. The van der Waals surface area contributed by atoms with Crippen molar-refractivity contribution in [2.75, 3.05) is 13.2 Å². The summed E-state index contributed by atoms with van der Waals surface area (Å²) >= 11 is 6.76. The lowest BCUT2D eigenvalue weighted by atomic mass is 9.73. The first-order valence-corrected chi connectivity index (χ1v) is 18.4. The van der Waals surface area contributed by atoms with E-state index in [2.05, 4.69) is 0 Å². The van der Waals surface area contributed by atoms with E-state index in [0.717, 1.165) is 22.3 Å². The van der Waals surface area contributed by atoms with E-state index in [-0.39, 0.29) is 32.0 Å². The molecule has 1 N–H and O–H groups in total. The fourth-order valence-corrected chi connectivity index (χ4v) is 7.42. The van der Waals surface area contributed by atoms with Crippen LogP contribution in [0.15, 0.2) is 133 Å². The van der Waals surface area contributed by atoms with Crippen molar-refractivity contribution >= 4 is 17.6 Å². The van der Waals surface area contributed by atoms with Gasteiger partial charge in [-0.15, -0.1) is 0 Å². The molecule has 0 spiro atoms. The van der Waals surface area contributed by atoms with Gasteiger partial charge in [0.2, 0.25) is 11.4 Å². The number of aliphatic carboxylic acids is 1. The number of halogens is 4. The Morgan fingerprint density at radius 2 is 1.32 bits per heavy atom. The Balaban J connectivity index is 1.30. The molecule has 0 radical (unpaired) electrons. The van der Waals surface area contributed by atoms with Crippen molar-refractivity contribution in [1.29, 1.82) is 0 Å². The van der Waals surface area contributed by atoms with Crippen molar-refractivity contribution in [3.8, 4) is 5.75 Å². The van der Waals surface area contributed by atoms with E-state index in [1.807, 2.05) is 91.0 Å². The first-order chi connectivity index (χ1) is 26.9. The van der Waals surface area contributed by atoms with Crippen molar-refractivity contribution in [3.05, 3.63) is 172 Å². The summed E-state index contributed by atoms with van der Waals surface area (Å²) < 4.78 is 76.8. The van der Waals surface area contributed by atoms with Gasteiger partial charge in [-0.2, -0.15) is 13.2 Å². The van der Waals surface area contributed by atoms with Gasteiger partial charge in [-0.1, -0.05) is 121 Å². The smallest absolute Gasteiger partial charge is 0.422 e. The van der Waals surface area contributed by atoms with Gasteiger partial charge in [0.05, 0.1) is 26.4 Å². The number of hydrogen-bond donors (Lipinski definition) is 1. The third-order valence-electron chi connectivity index (χ3n) is 10.3. The Bertz CT molecular complexity index is 2090. The number of alkyl halides is 3. The molecule has 2 aliphatic heterocycles. The van der Waals surface area contributed by atoms with Crippen molar-refractivity contribution in [2.24, 2.45) is 0 Å². The molecule has 0 amide bonds. The highest BCUT2D eigenvalue weighted by molar-refractivity contribution is 6.31. The van der Waals surface area contributed by atoms with Crippen LogP contribution < -0.4 is 4.74 Å². The SMILES string of the molecule is C[C@]1(OCc2ccccc2)[C@@H](OCc2ccccc2)[C@@H](OCc2ccccc2)[C@@]2(c3ccc(Cl)c(Cc4ccc(OCC(F)(F)F)cc4)c3)OC[C@]1(C(=O)O)O2. The monoisotopic (exact) mass is 788 g/mol. The van der Waals surface area contributed by atoms with Crippen LogP contribution in [0.5, 0.6) is 5.75 Å². The number of hydrogen-bond acceptors (Lipinski definition) is 7. The third-order valence-corrected chi connectivity index (χ3v) is 10.6. The molecule has 2 fully saturated rings. The zero-order valence-electron chi connectivity index (χ0n) is 30.4. The molecule has 56 heavy (non-hydrogen) atoms. The molecule has 5 aromatic carbocycles. The second kappa shape index (κ2) is 16.4. The summed E-state index contributed by atoms with van der Waals surface area (Å²) in [7, 11) is 0. The molecule has 8 nitrogen and oxygen atoms in total. The molecule has 292 valence electrons. The minimum atomic E-state index is -4.46. The van der Waals surface area contributed by atoms with Gasteiger partial charge in [0, 0.05) is 10.6 Å². The van der Waals surface area contributed by atoms with E-state index in [1.54, 1.807) is 37.3 Å². The highest BCUT2D eigenvalue weighted by Gasteiger charge is 2.77.